The highest BCUT2D eigenvalue weighted by Crippen LogP contribution is 2.34. The highest BCUT2D eigenvalue weighted by molar-refractivity contribution is 7.89. The van der Waals surface area contributed by atoms with E-state index in [2.05, 4.69) is 0 Å². The molecule has 2 N–H and O–H groups in total. The van der Waals surface area contributed by atoms with E-state index in [9.17, 15) is 8.42 Å². The average molecular weight is 312 g/mol. The molecule has 2 aliphatic rings. The molecule has 1 aromatic rings. The largest absolute Gasteiger partial charge is 0.398 e. The van der Waals surface area contributed by atoms with Crippen LogP contribution >= 0.6 is 0 Å². The van der Waals surface area contributed by atoms with Crippen LogP contribution in [-0.4, -0.2) is 44.8 Å². The van der Waals surface area contributed by atoms with Crippen LogP contribution in [0.3, 0.4) is 0 Å². The Hall–Kier alpha value is -1.15. The van der Waals surface area contributed by atoms with Gasteiger partial charge in [-0.3, -0.25) is 0 Å². The van der Waals surface area contributed by atoms with Crippen LogP contribution in [0.4, 0.5) is 5.69 Å². The van der Waals surface area contributed by atoms with E-state index in [1.165, 1.54) is 4.31 Å². The van der Waals surface area contributed by atoms with Crippen LogP contribution in [0.25, 0.3) is 0 Å². The zero-order chi connectivity index (χ0) is 15.1. The molecule has 21 heavy (non-hydrogen) atoms. The first-order valence-electron chi connectivity index (χ1n) is 7.08. The number of piperidine rings is 1. The maximum atomic E-state index is 12.8. The van der Waals surface area contributed by atoms with Gasteiger partial charge in [-0.2, -0.15) is 4.31 Å². The minimum atomic E-state index is -3.52. The first-order chi connectivity index (χ1) is 9.95. The lowest BCUT2D eigenvalue weighted by atomic mass is 10.1. The lowest BCUT2D eigenvalue weighted by Gasteiger charge is -2.37. The Morgan fingerprint density at radius 1 is 1.19 bits per heavy atom. The summed E-state index contributed by atoms with van der Waals surface area (Å²) < 4.78 is 38.3. The maximum Gasteiger partial charge on any atom is 0.243 e. The van der Waals surface area contributed by atoms with Crippen molar-refractivity contribution in [1.82, 2.24) is 4.31 Å². The highest BCUT2D eigenvalue weighted by Gasteiger charge is 2.42. The average Bonchev–Trinajstić information content (AvgIpc) is 2.90. The zero-order valence-corrected chi connectivity index (χ0v) is 12.9. The molecular formula is C14H20N2O4S. The van der Waals surface area contributed by atoms with Crippen molar-refractivity contribution in [1.29, 1.82) is 0 Å². The number of anilines is 1. The SMILES string of the molecule is Cc1c(N)cccc1S(=O)(=O)N1CCC2(CC1)OCCO2. The molecular weight excluding hydrogens is 292 g/mol. The van der Waals surface area contributed by atoms with E-state index in [4.69, 9.17) is 15.2 Å². The van der Waals surface area contributed by atoms with Crippen molar-refractivity contribution in [3.8, 4) is 0 Å². The number of nitrogens with two attached hydrogens (primary N) is 1. The van der Waals surface area contributed by atoms with Crippen LogP contribution in [0.2, 0.25) is 0 Å². The summed E-state index contributed by atoms with van der Waals surface area (Å²) in [6.07, 6.45) is 1.13. The minimum absolute atomic E-state index is 0.284. The molecule has 2 aliphatic heterocycles. The summed E-state index contributed by atoms with van der Waals surface area (Å²) in [7, 11) is -3.52. The van der Waals surface area contributed by atoms with Gasteiger partial charge >= 0.3 is 0 Å². The molecule has 0 unspecified atom stereocenters. The Morgan fingerprint density at radius 3 is 2.43 bits per heavy atom. The quantitative estimate of drug-likeness (QED) is 0.827. The summed E-state index contributed by atoms with van der Waals surface area (Å²) in [4.78, 5) is 0.284. The molecule has 3 rings (SSSR count). The maximum absolute atomic E-state index is 12.8. The Kier molecular flexibility index (Phi) is 3.69. The molecule has 2 heterocycles. The Morgan fingerprint density at radius 2 is 1.81 bits per heavy atom. The molecule has 0 aromatic heterocycles. The van der Waals surface area contributed by atoms with Gasteiger partial charge in [-0.05, 0) is 24.6 Å². The fourth-order valence-electron chi connectivity index (χ4n) is 2.90. The number of hydrogen-bond donors (Lipinski definition) is 1. The molecule has 6 nitrogen and oxygen atoms in total. The van der Waals surface area contributed by atoms with Gasteiger partial charge in [0.25, 0.3) is 0 Å². The van der Waals surface area contributed by atoms with Gasteiger partial charge in [0.2, 0.25) is 10.0 Å². The van der Waals surface area contributed by atoms with Gasteiger partial charge < -0.3 is 15.2 Å². The first kappa shape index (κ1) is 14.8. The molecule has 2 fully saturated rings. The third-order valence-corrected chi connectivity index (χ3v) is 6.28. The summed E-state index contributed by atoms with van der Waals surface area (Å²) in [6, 6.07) is 4.98. The minimum Gasteiger partial charge on any atom is -0.398 e. The van der Waals surface area contributed by atoms with E-state index in [-0.39, 0.29) is 4.90 Å². The molecule has 0 amide bonds. The second-order valence-electron chi connectivity index (χ2n) is 5.48. The van der Waals surface area contributed by atoms with E-state index >= 15 is 0 Å². The van der Waals surface area contributed by atoms with Crippen molar-refractivity contribution in [2.24, 2.45) is 0 Å². The zero-order valence-electron chi connectivity index (χ0n) is 12.0. The summed E-state index contributed by atoms with van der Waals surface area (Å²) in [6.45, 7) is 3.70. The Labute approximate surface area is 124 Å². The van der Waals surface area contributed by atoms with Gasteiger partial charge in [0, 0.05) is 31.6 Å². The second-order valence-corrected chi connectivity index (χ2v) is 7.39. The summed E-state index contributed by atoms with van der Waals surface area (Å²) in [5, 5.41) is 0. The van der Waals surface area contributed by atoms with Gasteiger partial charge in [-0.25, -0.2) is 8.42 Å². The first-order valence-corrected chi connectivity index (χ1v) is 8.52. The smallest absolute Gasteiger partial charge is 0.243 e. The molecule has 0 radical (unpaired) electrons. The fraction of sp³-hybridized carbons (Fsp3) is 0.571. The number of ether oxygens (including phenoxy) is 2. The lowest BCUT2D eigenvalue weighted by molar-refractivity contribution is -0.179. The molecule has 7 heteroatoms. The third kappa shape index (κ3) is 2.55. The topological polar surface area (TPSA) is 81.9 Å². The number of nitrogen functional groups attached to an aromatic ring is 1. The van der Waals surface area contributed by atoms with Gasteiger partial charge in [0.1, 0.15) is 0 Å². The normalized spacial score (nSPS) is 22.7. The highest BCUT2D eigenvalue weighted by atomic mass is 32.2. The van der Waals surface area contributed by atoms with Crippen LogP contribution in [0.15, 0.2) is 23.1 Å². The molecule has 1 spiro atoms. The monoisotopic (exact) mass is 312 g/mol. The van der Waals surface area contributed by atoms with Crippen LogP contribution in [-0.2, 0) is 19.5 Å². The molecule has 1 aromatic carbocycles. The van der Waals surface area contributed by atoms with Crippen molar-refractivity contribution in [2.75, 3.05) is 32.0 Å². The molecule has 0 saturated carbocycles. The van der Waals surface area contributed by atoms with Crippen LogP contribution in [0.5, 0.6) is 0 Å². The van der Waals surface area contributed by atoms with E-state index in [1.54, 1.807) is 25.1 Å². The fourth-order valence-corrected chi connectivity index (χ4v) is 4.60. The van der Waals surface area contributed by atoms with Crippen LogP contribution < -0.4 is 5.73 Å². The summed E-state index contributed by atoms with van der Waals surface area (Å²) in [5.41, 5.74) is 6.91. The number of hydrogen-bond acceptors (Lipinski definition) is 5. The summed E-state index contributed by atoms with van der Waals surface area (Å²) >= 11 is 0. The van der Waals surface area contributed by atoms with Crippen LogP contribution in [0, 0.1) is 6.92 Å². The van der Waals surface area contributed by atoms with E-state index in [0.29, 0.717) is 50.4 Å². The predicted octanol–water partition coefficient (Wildman–Crippen LogP) is 1.10. The number of sulfonamides is 1. The molecule has 0 atom stereocenters. The van der Waals surface area contributed by atoms with Crippen LogP contribution in [0.1, 0.15) is 18.4 Å². The summed E-state index contributed by atoms with van der Waals surface area (Å²) in [5.74, 6) is -0.573. The Balaban J connectivity index is 1.82. The van der Waals surface area contributed by atoms with Gasteiger partial charge in [-0.1, -0.05) is 6.07 Å². The number of rotatable bonds is 2. The number of nitrogens with zero attached hydrogens (tertiary/aromatic N) is 1. The van der Waals surface area contributed by atoms with Crippen molar-refractivity contribution < 1.29 is 17.9 Å². The lowest BCUT2D eigenvalue weighted by Crippen LogP contribution is -2.47. The molecule has 0 bridgehead atoms. The van der Waals surface area contributed by atoms with Crippen molar-refractivity contribution >= 4 is 15.7 Å². The van der Waals surface area contributed by atoms with E-state index in [0.717, 1.165) is 0 Å². The van der Waals surface area contributed by atoms with Gasteiger partial charge in [0.15, 0.2) is 5.79 Å². The predicted molar refractivity (Wildman–Crippen MR) is 78.2 cm³/mol. The second kappa shape index (κ2) is 5.24. The van der Waals surface area contributed by atoms with Crippen molar-refractivity contribution in [2.45, 2.75) is 30.4 Å². The number of benzene rings is 1. The molecule has 2 saturated heterocycles. The molecule has 116 valence electrons. The molecule has 0 aliphatic carbocycles. The third-order valence-electron chi connectivity index (χ3n) is 4.24. The standard InChI is InChI=1S/C14H20N2O4S/c1-11-12(15)3-2-4-13(11)21(17,18)16-7-5-14(6-8-16)19-9-10-20-14/h2-4H,5-10,15H2,1H3. The van der Waals surface area contributed by atoms with E-state index in [1.807, 2.05) is 0 Å². The van der Waals surface area contributed by atoms with Gasteiger partial charge in [-0.15, -0.1) is 0 Å². The van der Waals surface area contributed by atoms with Crippen molar-refractivity contribution in [3.63, 3.8) is 0 Å². The van der Waals surface area contributed by atoms with Gasteiger partial charge in [0.05, 0.1) is 18.1 Å². The van der Waals surface area contributed by atoms with E-state index < -0.39 is 15.8 Å². The Bertz CT molecular complexity index is 628. The van der Waals surface area contributed by atoms with Crippen molar-refractivity contribution in [3.05, 3.63) is 23.8 Å².